The van der Waals surface area contributed by atoms with E-state index >= 15 is 0 Å². The SMILES string of the molecule is C=CCOC(=O)c1c(N)sc2ccccc12. The third kappa shape index (κ3) is 1.79. The number of benzene rings is 1. The fourth-order valence-corrected chi connectivity index (χ4v) is 2.44. The molecule has 0 aliphatic carbocycles. The fourth-order valence-electron chi connectivity index (χ4n) is 1.48. The molecule has 82 valence electrons. The average molecular weight is 233 g/mol. The molecule has 0 radical (unpaired) electrons. The van der Waals surface area contributed by atoms with Crippen LogP contribution in [0.5, 0.6) is 0 Å². The molecular weight excluding hydrogens is 222 g/mol. The Bertz CT molecular complexity index is 545. The first-order chi connectivity index (χ1) is 7.74. The first-order valence-corrected chi connectivity index (χ1v) is 5.60. The summed E-state index contributed by atoms with van der Waals surface area (Å²) >= 11 is 1.39. The van der Waals surface area contributed by atoms with E-state index in [0.29, 0.717) is 10.6 Å². The van der Waals surface area contributed by atoms with E-state index in [1.165, 1.54) is 17.4 Å². The number of thiophene rings is 1. The van der Waals surface area contributed by atoms with Crippen LogP contribution in [0.25, 0.3) is 10.1 Å². The van der Waals surface area contributed by atoms with Gasteiger partial charge in [0.15, 0.2) is 0 Å². The van der Waals surface area contributed by atoms with Gasteiger partial charge in [-0.15, -0.1) is 11.3 Å². The summed E-state index contributed by atoms with van der Waals surface area (Å²) in [7, 11) is 0. The van der Waals surface area contributed by atoms with Gasteiger partial charge in [-0.3, -0.25) is 0 Å². The van der Waals surface area contributed by atoms with E-state index in [9.17, 15) is 4.79 Å². The van der Waals surface area contributed by atoms with Gasteiger partial charge >= 0.3 is 5.97 Å². The molecule has 2 aromatic rings. The van der Waals surface area contributed by atoms with Crippen molar-refractivity contribution in [3.05, 3.63) is 42.5 Å². The summed E-state index contributed by atoms with van der Waals surface area (Å²) in [6.07, 6.45) is 1.53. The molecule has 0 aliphatic heterocycles. The summed E-state index contributed by atoms with van der Waals surface area (Å²) in [4.78, 5) is 11.8. The molecule has 1 aromatic carbocycles. The van der Waals surface area contributed by atoms with Crippen molar-refractivity contribution in [3.63, 3.8) is 0 Å². The first kappa shape index (κ1) is 10.7. The number of carbonyl (C=O) groups is 1. The van der Waals surface area contributed by atoms with Crippen LogP contribution in [0, 0.1) is 0 Å². The summed E-state index contributed by atoms with van der Waals surface area (Å²) < 4.78 is 5.99. The van der Waals surface area contributed by atoms with Gasteiger partial charge in [0.05, 0.1) is 0 Å². The van der Waals surface area contributed by atoms with Crippen molar-refractivity contribution >= 4 is 32.4 Å². The molecular formula is C12H11NO2S. The summed E-state index contributed by atoms with van der Waals surface area (Å²) in [5.74, 6) is -0.394. The number of nitrogen functional groups attached to an aromatic ring is 1. The van der Waals surface area contributed by atoms with E-state index in [0.717, 1.165) is 10.1 Å². The standard InChI is InChI=1S/C12H11NO2S/c1-2-7-15-12(14)10-8-5-3-4-6-9(8)16-11(10)13/h2-6H,1,7,13H2. The molecule has 3 nitrogen and oxygen atoms in total. The monoisotopic (exact) mass is 233 g/mol. The van der Waals surface area contributed by atoms with Gasteiger partial charge in [-0.05, 0) is 6.07 Å². The topological polar surface area (TPSA) is 52.3 Å². The van der Waals surface area contributed by atoms with E-state index in [4.69, 9.17) is 10.5 Å². The lowest BCUT2D eigenvalue weighted by atomic mass is 10.2. The van der Waals surface area contributed by atoms with Crippen LogP contribution in [0.3, 0.4) is 0 Å². The number of hydrogen-bond donors (Lipinski definition) is 1. The maximum Gasteiger partial charge on any atom is 0.342 e. The molecule has 0 amide bonds. The van der Waals surface area contributed by atoms with Crippen LogP contribution in [-0.4, -0.2) is 12.6 Å². The maximum atomic E-state index is 11.8. The quantitative estimate of drug-likeness (QED) is 0.655. The minimum absolute atomic E-state index is 0.197. The Morgan fingerprint density at radius 1 is 1.50 bits per heavy atom. The van der Waals surface area contributed by atoms with Crippen molar-refractivity contribution in [1.29, 1.82) is 0 Å². The first-order valence-electron chi connectivity index (χ1n) is 4.79. The zero-order valence-corrected chi connectivity index (χ0v) is 9.42. The summed E-state index contributed by atoms with van der Waals surface area (Å²) in [5.41, 5.74) is 6.28. The highest BCUT2D eigenvalue weighted by Crippen LogP contribution is 2.33. The van der Waals surface area contributed by atoms with Crippen LogP contribution in [-0.2, 0) is 4.74 Å². The Kier molecular flexibility index (Phi) is 2.92. The number of rotatable bonds is 3. The molecule has 16 heavy (non-hydrogen) atoms. The number of anilines is 1. The van der Waals surface area contributed by atoms with Crippen LogP contribution >= 0.6 is 11.3 Å². The van der Waals surface area contributed by atoms with Crippen LogP contribution in [0.4, 0.5) is 5.00 Å². The molecule has 4 heteroatoms. The van der Waals surface area contributed by atoms with Crippen molar-refractivity contribution < 1.29 is 9.53 Å². The Morgan fingerprint density at radius 3 is 3.00 bits per heavy atom. The van der Waals surface area contributed by atoms with Crippen molar-refractivity contribution in [2.24, 2.45) is 0 Å². The molecule has 0 unspecified atom stereocenters. The highest BCUT2D eigenvalue weighted by molar-refractivity contribution is 7.23. The highest BCUT2D eigenvalue weighted by atomic mass is 32.1. The third-order valence-electron chi connectivity index (χ3n) is 2.16. The molecule has 0 spiro atoms. The van der Waals surface area contributed by atoms with Gasteiger partial charge in [-0.1, -0.05) is 30.9 Å². The van der Waals surface area contributed by atoms with Crippen molar-refractivity contribution in [2.75, 3.05) is 12.3 Å². The van der Waals surface area contributed by atoms with Crippen molar-refractivity contribution in [2.45, 2.75) is 0 Å². The largest absolute Gasteiger partial charge is 0.458 e. The summed E-state index contributed by atoms with van der Waals surface area (Å²) in [6, 6.07) is 7.59. The molecule has 0 atom stereocenters. The van der Waals surface area contributed by atoms with E-state index in [1.54, 1.807) is 0 Å². The molecule has 2 rings (SSSR count). The number of fused-ring (bicyclic) bond motifs is 1. The smallest absolute Gasteiger partial charge is 0.342 e. The molecule has 0 bridgehead atoms. The molecule has 0 saturated carbocycles. The van der Waals surface area contributed by atoms with E-state index < -0.39 is 5.97 Å². The second-order valence-corrected chi connectivity index (χ2v) is 4.31. The Balaban J connectivity index is 2.46. The van der Waals surface area contributed by atoms with Gasteiger partial charge in [0, 0.05) is 10.1 Å². The molecule has 0 aliphatic rings. The minimum atomic E-state index is -0.394. The molecule has 1 heterocycles. The zero-order valence-electron chi connectivity index (χ0n) is 8.60. The second kappa shape index (κ2) is 4.37. The lowest BCUT2D eigenvalue weighted by Gasteiger charge is -2.01. The van der Waals surface area contributed by atoms with E-state index in [2.05, 4.69) is 6.58 Å². The van der Waals surface area contributed by atoms with Crippen molar-refractivity contribution in [3.8, 4) is 0 Å². The Morgan fingerprint density at radius 2 is 2.25 bits per heavy atom. The van der Waals surface area contributed by atoms with E-state index in [1.807, 2.05) is 24.3 Å². The minimum Gasteiger partial charge on any atom is -0.458 e. The predicted octanol–water partition coefficient (Wildman–Crippen LogP) is 2.83. The van der Waals surface area contributed by atoms with E-state index in [-0.39, 0.29) is 6.61 Å². The van der Waals surface area contributed by atoms with Gasteiger partial charge in [-0.2, -0.15) is 0 Å². The lowest BCUT2D eigenvalue weighted by Crippen LogP contribution is -2.06. The normalized spacial score (nSPS) is 10.2. The number of carbonyl (C=O) groups excluding carboxylic acids is 1. The average Bonchev–Trinajstić information content (AvgIpc) is 2.62. The van der Waals surface area contributed by atoms with Gasteiger partial charge in [0.25, 0.3) is 0 Å². The Labute approximate surface area is 97.1 Å². The summed E-state index contributed by atoms with van der Waals surface area (Å²) in [5, 5.41) is 1.34. The van der Waals surface area contributed by atoms with Crippen LogP contribution in [0.15, 0.2) is 36.9 Å². The van der Waals surface area contributed by atoms with Crippen LogP contribution < -0.4 is 5.73 Å². The van der Waals surface area contributed by atoms with Crippen molar-refractivity contribution in [1.82, 2.24) is 0 Å². The summed E-state index contributed by atoms with van der Waals surface area (Å²) in [6.45, 7) is 3.69. The predicted molar refractivity (Wildman–Crippen MR) is 66.7 cm³/mol. The lowest BCUT2D eigenvalue weighted by molar-refractivity contribution is 0.0553. The second-order valence-electron chi connectivity index (χ2n) is 3.22. The number of nitrogens with two attached hydrogens (primary N) is 1. The van der Waals surface area contributed by atoms with Crippen LogP contribution in [0.1, 0.15) is 10.4 Å². The molecule has 1 aromatic heterocycles. The highest BCUT2D eigenvalue weighted by Gasteiger charge is 2.17. The number of hydrogen-bond acceptors (Lipinski definition) is 4. The third-order valence-corrected chi connectivity index (χ3v) is 3.16. The number of esters is 1. The zero-order chi connectivity index (χ0) is 11.5. The molecule has 2 N–H and O–H groups in total. The van der Waals surface area contributed by atoms with Gasteiger partial charge in [-0.25, -0.2) is 4.79 Å². The molecule has 0 fully saturated rings. The fraction of sp³-hybridized carbons (Fsp3) is 0.0833. The maximum absolute atomic E-state index is 11.8. The Hall–Kier alpha value is -1.81. The molecule has 0 saturated heterocycles. The van der Waals surface area contributed by atoms with Gasteiger partial charge < -0.3 is 10.5 Å². The van der Waals surface area contributed by atoms with Gasteiger partial charge in [0.2, 0.25) is 0 Å². The number of ether oxygens (including phenoxy) is 1. The van der Waals surface area contributed by atoms with Crippen LogP contribution in [0.2, 0.25) is 0 Å². The van der Waals surface area contributed by atoms with Gasteiger partial charge in [0.1, 0.15) is 17.2 Å².